The monoisotopic (exact) mass is 140 g/mol. The number of rotatable bonds is 0. The topological polar surface area (TPSA) is 42.9 Å². The van der Waals surface area contributed by atoms with E-state index < -0.39 is 0 Å². The molecule has 1 aromatic rings. The Balaban J connectivity index is 2.61. The van der Waals surface area contributed by atoms with Gasteiger partial charge in [-0.25, -0.2) is 0 Å². The molecule has 4 heteroatoms. The Morgan fingerprint density at radius 1 is 1.44 bits per heavy atom. The van der Waals surface area contributed by atoms with Gasteiger partial charge >= 0.3 is 0 Å². The van der Waals surface area contributed by atoms with Crippen molar-refractivity contribution in [3.63, 3.8) is 0 Å². The predicted octanol–water partition coefficient (Wildman–Crippen LogP) is 0.667. The summed E-state index contributed by atoms with van der Waals surface area (Å²) in [6.07, 6.45) is 1.49. The molecule has 0 aliphatic heterocycles. The zero-order valence-corrected chi connectivity index (χ0v) is 5.44. The van der Waals surface area contributed by atoms with Crippen LogP contribution in [0.3, 0.4) is 0 Å². The lowest BCUT2D eigenvalue weighted by Crippen LogP contribution is -1.91. The molecule has 0 fully saturated rings. The summed E-state index contributed by atoms with van der Waals surface area (Å²) in [5.41, 5.74) is 0.611. The molecule has 0 bridgehead atoms. The van der Waals surface area contributed by atoms with Gasteiger partial charge in [0.1, 0.15) is 5.69 Å². The molecule has 3 nitrogen and oxygen atoms in total. The Bertz CT molecular complexity index is 255. The molecule has 0 radical (unpaired) electrons. The standard InChI is InChI=1S/C5H4N2OS/c8-3-1-2-4-5(3)6-7-9-4/h1-2H2. The molecule has 1 aromatic heterocycles. The largest absolute Gasteiger partial charge is 0.292 e. The van der Waals surface area contributed by atoms with Gasteiger partial charge in [-0.1, -0.05) is 4.49 Å². The summed E-state index contributed by atoms with van der Waals surface area (Å²) in [6.45, 7) is 0. The fraction of sp³-hybridized carbons (Fsp3) is 0.400. The van der Waals surface area contributed by atoms with Gasteiger partial charge in [-0.15, -0.1) is 5.10 Å². The van der Waals surface area contributed by atoms with Gasteiger partial charge in [0.25, 0.3) is 0 Å². The molecule has 1 aliphatic carbocycles. The van der Waals surface area contributed by atoms with Gasteiger partial charge in [0.05, 0.1) is 4.88 Å². The SMILES string of the molecule is O=C1CCc2snnc21. The lowest BCUT2D eigenvalue weighted by Gasteiger charge is -1.76. The fourth-order valence-corrected chi connectivity index (χ4v) is 1.59. The number of carbonyl (C=O) groups is 1. The number of nitrogens with zero attached hydrogens (tertiary/aromatic N) is 2. The van der Waals surface area contributed by atoms with Gasteiger partial charge in [0.2, 0.25) is 0 Å². The van der Waals surface area contributed by atoms with E-state index in [0.29, 0.717) is 12.1 Å². The zero-order valence-electron chi connectivity index (χ0n) is 4.63. The number of carbonyl (C=O) groups excluding carboxylic acids is 1. The molecule has 9 heavy (non-hydrogen) atoms. The molecule has 1 heterocycles. The summed E-state index contributed by atoms with van der Waals surface area (Å²) in [6, 6.07) is 0. The van der Waals surface area contributed by atoms with Crippen molar-refractivity contribution in [2.75, 3.05) is 0 Å². The van der Waals surface area contributed by atoms with E-state index in [1.807, 2.05) is 0 Å². The van der Waals surface area contributed by atoms with Crippen LogP contribution in [0.15, 0.2) is 0 Å². The average molecular weight is 140 g/mol. The van der Waals surface area contributed by atoms with Crippen molar-refractivity contribution in [1.82, 2.24) is 9.59 Å². The van der Waals surface area contributed by atoms with Crippen molar-refractivity contribution in [2.45, 2.75) is 12.8 Å². The summed E-state index contributed by atoms with van der Waals surface area (Å²) in [5, 5.41) is 3.70. The highest BCUT2D eigenvalue weighted by Crippen LogP contribution is 2.21. The van der Waals surface area contributed by atoms with Gasteiger partial charge in [-0.3, -0.25) is 4.79 Å². The lowest BCUT2D eigenvalue weighted by atomic mass is 10.3. The molecule has 1 aliphatic rings. The quantitative estimate of drug-likeness (QED) is 0.532. The summed E-state index contributed by atoms with van der Waals surface area (Å²) < 4.78 is 3.67. The Labute approximate surface area is 55.9 Å². The molecule has 0 spiro atoms. The molecule has 0 saturated carbocycles. The normalized spacial score (nSPS) is 16.2. The van der Waals surface area contributed by atoms with Gasteiger partial charge in [0, 0.05) is 6.42 Å². The van der Waals surface area contributed by atoms with Crippen molar-refractivity contribution < 1.29 is 4.79 Å². The van der Waals surface area contributed by atoms with E-state index in [0.717, 1.165) is 11.3 Å². The molecule has 0 aromatic carbocycles. The van der Waals surface area contributed by atoms with Crippen LogP contribution in [0.5, 0.6) is 0 Å². The van der Waals surface area contributed by atoms with Crippen molar-refractivity contribution in [1.29, 1.82) is 0 Å². The minimum absolute atomic E-state index is 0.152. The molecule has 0 amide bonds. The summed E-state index contributed by atoms with van der Waals surface area (Å²) >= 11 is 1.33. The van der Waals surface area contributed by atoms with E-state index in [2.05, 4.69) is 9.59 Å². The minimum Gasteiger partial charge on any atom is -0.292 e. The average Bonchev–Trinajstić information content (AvgIpc) is 2.35. The predicted molar refractivity (Wildman–Crippen MR) is 32.6 cm³/mol. The van der Waals surface area contributed by atoms with E-state index in [9.17, 15) is 4.79 Å². The maximum atomic E-state index is 10.8. The third-order valence-electron chi connectivity index (χ3n) is 1.40. The van der Waals surface area contributed by atoms with Crippen molar-refractivity contribution in [3.8, 4) is 0 Å². The second-order valence-corrected chi connectivity index (χ2v) is 2.81. The number of aromatic nitrogens is 2. The highest BCUT2D eigenvalue weighted by atomic mass is 32.1. The van der Waals surface area contributed by atoms with Crippen LogP contribution in [-0.4, -0.2) is 15.4 Å². The van der Waals surface area contributed by atoms with Crippen LogP contribution < -0.4 is 0 Å². The van der Waals surface area contributed by atoms with Crippen molar-refractivity contribution >= 4 is 17.3 Å². The first-order valence-corrected chi connectivity index (χ1v) is 3.49. The maximum absolute atomic E-state index is 10.8. The van der Waals surface area contributed by atoms with Crippen LogP contribution in [-0.2, 0) is 6.42 Å². The number of fused-ring (bicyclic) bond motifs is 1. The maximum Gasteiger partial charge on any atom is 0.184 e. The summed E-state index contributed by atoms with van der Waals surface area (Å²) in [7, 11) is 0. The highest BCUT2D eigenvalue weighted by Gasteiger charge is 2.22. The zero-order chi connectivity index (χ0) is 6.27. The second-order valence-electron chi connectivity index (χ2n) is 1.97. The number of ketones is 1. The molecule has 2 rings (SSSR count). The van der Waals surface area contributed by atoms with Crippen LogP contribution in [0, 0.1) is 0 Å². The Hall–Kier alpha value is -0.770. The Morgan fingerprint density at radius 2 is 2.33 bits per heavy atom. The van der Waals surface area contributed by atoms with Crippen LogP contribution in [0.4, 0.5) is 0 Å². The van der Waals surface area contributed by atoms with E-state index in [1.165, 1.54) is 11.5 Å². The van der Waals surface area contributed by atoms with E-state index in [-0.39, 0.29) is 5.78 Å². The summed E-state index contributed by atoms with van der Waals surface area (Å²) in [5.74, 6) is 0.152. The number of hydrogen-bond donors (Lipinski definition) is 0. The highest BCUT2D eigenvalue weighted by molar-refractivity contribution is 7.05. The smallest absolute Gasteiger partial charge is 0.184 e. The van der Waals surface area contributed by atoms with Crippen molar-refractivity contribution in [2.24, 2.45) is 0 Å². The molecule has 0 atom stereocenters. The van der Waals surface area contributed by atoms with E-state index in [1.54, 1.807) is 0 Å². The van der Waals surface area contributed by atoms with Crippen LogP contribution in [0.25, 0.3) is 0 Å². The van der Waals surface area contributed by atoms with E-state index in [4.69, 9.17) is 0 Å². The van der Waals surface area contributed by atoms with Crippen LogP contribution in [0.2, 0.25) is 0 Å². The lowest BCUT2D eigenvalue weighted by molar-refractivity contribution is 0.0990. The first kappa shape index (κ1) is 5.05. The number of hydrogen-bond acceptors (Lipinski definition) is 4. The minimum atomic E-state index is 0.152. The van der Waals surface area contributed by atoms with Crippen LogP contribution in [0.1, 0.15) is 21.8 Å². The third kappa shape index (κ3) is 0.595. The Kier molecular flexibility index (Phi) is 0.900. The number of aryl methyl sites for hydroxylation is 1. The van der Waals surface area contributed by atoms with E-state index >= 15 is 0 Å². The molecule has 0 unspecified atom stereocenters. The first-order chi connectivity index (χ1) is 4.38. The van der Waals surface area contributed by atoms with Gasteiger partial charge in [0.15, 0.2) is 5.78 Å². The van der Waals surface area contributed by atoms with Gasteiger partial charge < -0.3 is 0 Å². The Morgan fingerprint density at radius 3 is 3.11 bits per heavy atom. The number of Topliss-reactive ketones (excluding diaryl/α,β-unsaturated/α-hetero) is 1. The molecular formula is C5H4N2OS. The molecule has 0 N–H and O–H groups in total. The first-order valence-electron chi connectivity index (χ1n) is 2.72. The molecule has 0 saturated heterocycles. The summed E-state index contributed by atoms with van der Waals surface area (Å²) in [4.78, 5) is 11.9. The van der Waals surface area contributed by atoms with Crippen molar-refractivity contribution in [3.05, 3.63) is 10.6 Å². The third-order valence-corrected chi connectivity index (χ3v) is 2.18. The fourth-order valence-electron chi connectivity index (χ4n) is 0.930. The van der Waals surface area contributed by atoms with Gasteiger partial charge in [-0.05, 0) is 18.0 Å². The molecular weight excluding hydrogens is 136 g/mol. The second kappa shape index (κ2) is 1.60. The van der Waals surface area contributed by atoms with Gasteiger partial charge in [-0.2, -0.15) is 0 Å². The van der Waals surface area contributed by atoms with Crippen LogP contribution >= 0.6 is 11.5 Å². The molecule has 46 valence electrons.